The molecule has 1 amide bonds. The second-order valence-corrected chi connectivity index (χ2v) is 3.52. The van der Waals surface area contributed by atoms with Crippen LogP contribution in [0.4, 0.5) is 0 Å². The van der Waals surface area contributed by atoms with Crippen LogP contribution < -0.4 is 14.8 Å². The van der Waals surface area contributed by atoms with Crippen molar-refractivity contribution in [2.24, 2.45) is 0 Å². The van der Waals surface area contributed by atoms with Crippen LogP contribution in [0.3, 0.4) is 0 Å². The summed E-state index contributed by atoms with van der Waals surface area (Å²) >= 11 is 0. The van der Waals surface area contributed by atoms with E-state index in [2.05, 4.69) is 5.32 Å². The third kappa shape index (κ3) is 2.00. The zero-order chi connectivity index (χ0) is 11.5. The molecule has 4 nitrogen and oxygen atoms in total. The number of benzene rings is 1. The standard InChI is InChI=1S/C12H13NO3/c1-8(14)13-10-6-9-4-3-5-11(15-2)12(9)16-7-10/h3-6H,7H2,1-2H3,(H,13,14). The number of rotatable bonds is 2. The molecule has 1 aliphatic rings. The van der Waals surface area contributed by atoms with Crippen molar-refractivity contribution in [1.82, 2.24) is 5.32 Å². The van der Waals surface area contributed by atoms with Crippen molar-refractivity contribution in [3.05, 3.63) is 29.5 Å². The van der Waals surface area contributed by atoms with Crippen LogP contribution in [0.25, 0.3) is 6.08 Å². The quantitative estimate of drug-likeness (QED) is 0.821. The van der Waals surface area contributed by atoms with Crippen LogP contribution >= 0.6 is 0 Å². The van der Waals surface area contributed by atoms with Gasteiger partial charge in [-0.3, -0.25) is 4.79 Å². The molecule has 0 saturated carbocycles. The van der Waals surface area contributed by atoms with Gasteiger partial charge in [0.15, 0.2) is 11.5 Å². The maximum atomic E-state index is 10.9. The Morgan fingerprint density at radius 3 is 3.00 bits per heavy atom. The van der Waals surface area contributed by atoms with Crippen LogP contribution in [0.1, 0.15) is 12.5 Å². The van der Waals surface area contributed by atoms with Gasteiger partial charge in [-0.15, -0.1) is 0 Å². The molecule has 2 rings (SSSR count). The lowest BCUT2D eigenvalue weighted by Gasteiger charge is -2.19. The molecule has 0 fully saturated rings. The van der Waals surface area contributed by atoms with E-state index in [1.165, 1.54) is 6.92 Å². The van der Waals surface area contributed by atoms with Crippen molar-refractivity contribution < 1.29 is 14.3 Å². The number of para-hydroxylation sites is 1. The number of amides is 1. The summed E-state index contributed by atoms with van der Waals surface area (Å²) in [5.41, 5.74) is 1.67. The minimum atomic E-state index is -0.0961. The first-order valence-electron chi connectivity index (χ1n) is 4.98. The largest absolute Gasteiger partial charge is 0.493 e. The number of methoxy groups -OCH3 is 1. The van der Waals surface area contributed by atoms with Crippen molar-refractivity contribution >= 4 is 12.0 Å². The Kier molecular flexibility index (Phi) is 2.81. The summed E-state index contributed by atoms with van der Waals surface area (Å²) in [6.07, 6.45) is 1.89. The molecular weight excluding hydrogens is 206 g/mol. The number of nitrogens with one attached hydrogen (secondary N) is 1. The van der Waals surface area contributed by atoms with Crippen LogP contribution in [-0.4, -0.2) is 19.6 Å². The van der Waals surface area contributed by atoms with E-state index < -0.39 is 0 Å². The van der Waals surface area contributed by atoms with E-state index in [1.54, 1.807) is 7.11 Å². The highest BCUT2D eigenvalue weighted by atomic mass is 16.5. The summed E-state index contributed by atoms with van der Waals surface area (Å²) in [5.74, 6) is 1.33. The molecule has 84 valence electrons. The molecule has 16 heavy (non-hydrogen) atoms. The fraction of sp³-hybridized carbons (Fsp3) is 0.250. The molecule has 4 heteroatoms. The summed E-state index contributed by atoms with van der Waals surface area (Å²) in [5, 5.41) is 2.72. The highest BCUT2D eigenvalue weighted by molar-refractivity contribution is 5.77. The maximum Gasteiger partial charge on any atom is 0.221 e. The van der Waals surface area contributed by atoms with Crippen LogP contribution in [0, 0.1) is 0 Å². The van der Waals surface area contributed by atoms with Gasteiger partial charge in [-0.05, 0) is 12.1 Å². The fourth-order valence-corrected chi connectivity index (χ4v) is 1.64. The van der Waals surface area contributed by atoms with Crippen LogP contribution in [0.15, 0.2) is 23.9 Å². The zero-order valence-corrected chi connectivity index (χ0v) is 9.24. The van der Waals surface area contributed by atoms with Crippen molar-refractivity contribution in [1.29, 1.82) is 0 Å². The Bertz CT molecular complexity index is 452. The Labute approximate surface area is 93.9 Å². The Morgan fingerprint density at radius 2 is 2.31 bits per heavy atom. The topological polar surface area (TPSA) is 47.6 Å². The Morgan fingerprint density at radius 1 is 1.50 bits per heavy atom. The molecule has 0 saturated heterocycles. The molecule has 0 aromatic heterocycles. The number of fused-ring (bicyclic) bond motifs is 1. The molecule has 1 heterocycles. The highest BCUT2D eigenvalue weighted by Crippen LogP contribution is 2.34. The lowest BCUT2D eigenvalue weighted by Crippen LogP contribution is -2.25. The number of carbonyl (C=O) groups is 1. The number of carbonyl (C=O) groups excluding carboxylic acids is 1. The van der Waals surface area contributed by atoms with Crippen molar-refractivity contribution in [3.63, 3.8) is 0 Å². The van der Waals surface area contributed by atoms with Gasteiger partial charge in [0.2, 0.25) is 5.91 Å². The van der Waals surface area contributed by atoms with Crippen molar-refractivity contribution in [2.75, 3.05) is 13.7 Å². The number of hydrogen-bond acceptors (Lipinski definition) is 3. The van der Waals surface area contributed by atoms with Crippen molar-refractivity contribution in [2.45, 2.75) is 6.92 Å². The van der Waals surface area contributed by atoms with Gasteiger partial charge in [0.1, 0.15) is 6.61 Å². The highest BCUT2D eigenvalue weighted by Gasteiger charge is 2.15. The summed E-state index contributed by atoms with van der Waals surface area (Å²) in [6.45, 7) is 1.83. The van der Waals surface area contributed by atoms with E-state index in [4.69, 9.17) is 9.47 Å². The van der Waals surface area contributed by atoms with Crippen LogP contribution in [-0.2, 0) is 4.79 Å². The molecule has 0 spiro atoms. The summed E-state index contributed by atoms with van der Waals surface area (Å²) in [6, 6.07) is 5.64. The first kappa shape index (κ1) is 10.5. The van der Waals surface area contributed by atoms with E-state index in [9.17, 15) is 4.79 Å². The minimum absolute atomic E-state index is 0.0961. The molecule has 1 N–H and O–H groups in total. The summed E-state index contributed by atoms with van der Waals surface area (Å²) in [7, 11) is 1.60. The normalized spacial score (nSPS) is 13.2. The smallest absolute Gasteiger partial charge is 0.221 e. The molecule has 0 aliphatic carbocycles. The van der Waals surface area contributed by atoms with Gasteiger partial charge in [0, 0.05) is 12.5 Å². The van der Waals surface area contributed by atoms with E-state index in [1.807, 2.05) is 24.3 Å². The SMILES string of the molecule is COc1cccc2c1OCC(NC(C)=O)=C2. The fourth-order valence-electron chi connectivity index (χ4n) is 1.64. The van der Waals surface area contributed by atoms with Gasteiger partial charge < -0.3 is 14.8 Å². The number of hydrogen-bond donors (Lipinski definition) is 1. The second kappa shape index (κ2) is 4.26. The molecule has 0 bridgehead atoms. The van der Waals surface area contributed by atoms with Crippen LogP contribution in [0.5, 0.6) is 11.5 Å². The van der Waals surface area contributed by atoms with E-state index in [0.717, 1.165) is 17.0 Å². The lowest BCUT2D eigenvalue weighted by atomic mass is 10.1. The van der Waals surface area contributed by atoms with Crippen molar-refractivity contribution in [3.8, 4) is 11.5 Å². The van der Waals surface area contributed by atoms with E-state index >= 15 is 0 Å². The van der Waals surface area contributed by atoms with Gasteiger partial charge in [0.25, 0.3) is 0 Å². The molecule has 0 unspecified atom stereocenters. The Balaban J connectivity index is 2.33. The number of ether oxygens (including phenoxy) is 2. The predicted molar refractivity (Wildman–Crippen MR) is 60.3 cm³/mol. The lowest BCUT2D eigenvalue weighted by molar-refractivity contribution is -0.118. The average molecular weight is 219 g/mol. The monoisotopic (exact) mass is 219 g/mol. The third-order valence-corrected chi connectivity index (χ3v) is 2.27. The van der Waals surface area contributed by atoms with Gasteiger partial charge in [0.05, 0.1) is 12.8 Å². The first-order valence-corrected chi connectivity index (χ1v) is 4.98. The minimum Gasteiger partial charge on any atom is -0.493 e. The van der Waals surface area contributed by atoms with Gasteiger partial charge in [-0.2, -0.15) is 0 Å². The van der Waals surface area contributed by atoms with Crippen LogP contribution in [0.2, 0.25) is 0 Å². The average Bonchev–Trinajstić information content (AvgIpc) is 2.27. The molecule has 1 aromatic rings. The third-order valence-electron chi connectivity index (χ3n) is 2.27. The zero-order valence-electron chi connectivity index (χ0n) is 9.24. The Hall–Kier alpha value is -1.97. The molecule has 0 radical (unpaired) electrons. The predicted octanol–water partition coefficient (Wildman–Crippen LogP) is 1.56. The molecule has 1 aromatic carbocycles. The molecular formula is C12H13NO3. The van der Waals surface area contributed by atoms with Gasteiger partial charge in [-0.1, -0.05) is 12.1 Å². The maximum absolute atomic E-state index is 10.9. The van der Waals surface area contributed by atoms with E-state index in [0.29, 0.717) is 12.4 Å². The summed E-state index contributed by atoms with van der Waals surface area (Å²) < 4.78 is 10.7. The second-order valence-electron chi connectivity index (χ2n) is 3.52. The van der Waals surface area contributed by atoms with Gasteiger partial charge >= 0.3 is 0 Å². The first-order chi connectivity index (χ1) is 7.70. The molecule has 1 aliphatic heterocycles. The summed E-state index contributed by atoms with van der Waals surface area (Å²) in [4.78, 5) is 10.9. The van der Waals surface area contributed by atoms with E-state index in [-0.39, 0.29) is 5.91 Å². The van der Waals surface area contributed by atoms with Gasteiger partial charge in [-0.25, -0.2) is 0 Å². The molecule has 0 atom stereocenters.